The van der Waals surface area contributed by atoms with Crippen LogP contribution in [-0.4, -0.2) is 5.33 Å². The van der Waals surface area contributed by atoms with Crippen molar-refractivity contribution in [1.29, 1.82) is 0 Å². The van der Waals surface area contributed by atoms with Crippen LogP contribution < -0.4 is 0 Å². The molecule has 0 nitrogen and oxygen atoms in total. The fourth-order valence-corrected chi connectivity index (χ4v) is 3.45. The third-order valence-electron chi connectivity index (χ3n) is 3.43. The minimum atomic E-state index is 0.591. The first-order valence-electron chi connectivity index (χ1n) is 4.92. The van der Waals surface area contributed by atoms with Gasteiger partial charge in [-0.1, -0.05) is 41.8 Å². The number of rotatable bonds is 4. The van der Waals surface area contributed by atoms with Gasteiger partial charge in [0.05, 0.1) is 0 Å². The molecule has 0 N–H and O–H groups in total. The van der Waals surface area contributed by atoms with E-state index < -0.39 is 0 Å². The Morgan fingerprint density at radius 3 is 2.50 bits per heavy atom. The Kier molecular flexibility index (Phi) is 3.82. The summed E-state index contributed by atoms with van der Waals surface area (Å²) < 4.78 is 0. The first kappa shape index (κ1) is 10.3. The third kappa shape index (κ3) is 1.93. The van der Waals surface area contributed by atoms with Gasteiger partial charge in [0.2, 0.25) is 0 Å². The molecule has 70 valence electrons. The summed E-state index contributed by atoms with van der Waals surface area (Å²) in [4.78, 5) is 0. The van der Waals surface area contributed by atoms with Gasteiger partial charge in [-0.15, -0.1) is 6.58 Å². The Hall–Kier alpha value is 0.220. The molecule has 0 aliphatic heterocycles. The van der Waals surface area contributed by atoms with Gasteiger partial charge in [0, 0.05) is 5.33 Å². The molecule has 0 amide bonds. The summed E-state index contributed by atoms with van der Waals surface area (Å²) in [6.07, 6.45) is 8.90. The molecule has 0 aromatic heterocycles. The van der Waals surface area contributed by atoms with Crippen LogP contribution in [-0.2, 0) is 0 Å². The highest BCUT2D eigenvalue weighted by Crippen LogP contribution is 2.46. The van der Waals surface area contributed by atoms with Gasteiger partial charge >= 0.3 is 0 Å². The average molecular weight is 231 g/mol. The smallest absolute Gasteiger partial charge is 0.00906 e. The molecular formula is C11H19Br. The van der Waals surface area contributed by atoms with Crippen LogP contribution >= 0.6 is 15.9 Å². The van der Waals surface area contributed by atoms with E-state index in [2.05, 4.69) is 35.5 Å². The Balaban J connectivity index is 2.58. The zero-order valence-corrected chi connectivity index (χ0v) is 9.57. The van der Waals surface area contributed by atoms with Crippen molar-refractivity contribution in [3.63, 3.8) is 0 Å². The van der Waals surface area contributed by atoms with Gasteiger partial charge in [-0.3, -0.25) is 0 Å². The minimum Gasteiger partial charge on any atom is -0.103 e. The molecule has 0 aromatic carbocycles. The van der Waals surface area contributed by atoms with Crippen molar-refractivity contribution in [2.75, 3.05) is 5.33 Å². The lowest BCUT2D eigenvalue weighted by molar-refractivity contribution is 0.221. The SMILES string of the molecule is C=CCC(C)C1(CBr)CCCC1. The van der Waals surface area contributed by atoms with Gasteiger partial charge in [0.1, 0.15) is 0 Å². The highest BCUT2D eigenvalue weighted by atomic mass is 79.9. The quantitative estimate of drug-likeness (QED) is 0.503. The van der Waals surface area contributed by atoms with E-state index in [0.717, 1.165) is 5.92 Å². The molecule has 1 saturated carbocycles. The van der Waals surface area contributed by atoms with Gasteiger partial charge in [-0.2, -0.15) is 0 Å². The van der Waals surface area contributed by atoms with Crippen LogP contribution in [0.1, 0.15) is 39.0 Å². The van der Waals surface area contributed by atoms with Crippen LogP contribution in [0.4, 0.5) is 0 Å². The number of halogens is 1. The van der Waals surface area contributed by atoms with Crippen LogP contribution in [0.15, 0.2) is 12.7 Å². The van der Waals surface area contributed by atoms with Gasteiger partial charge in [-0.25, -0.2) is 0 Å². The molecule has 0 bridgehead atoms. The molecule has 0 saturated heterocycles. The second-order valence-electron chi connectivity index (χ2n) is 4.13. The highest BCUT2D eigenvalue weighted by molar-refractivity contribution is 9.09. The molecule has 1 heteroatoms. The van der Waals surface area contributed by atoms with Crippen molar-refractivity contribution in [3.8, 4) is 0 Å². The predicted octanol–water partition coefficient (Wildman–Crippen LogP) is 4.15. The second-order valence-corrected chi connectivity index (χ2v) is 4.69. The zero-order chi connectivity index (χ0) is 9.03. The highest BCUT2D eigenvalue weighted by Gasteiger charge is 2.36. The lowest BCUT2D eigenvalue weighted by Crippen LogP contribution is -2.26. The molecule has 0 radical (unpaired) electrons. The Labute approximate surface area is 84.6 Å². The lowest BCUT2D eigenvalue weighted by Gasteiger charge is -2.33. The second kappa shape index (κ2) is 4.45. The maximum Gasteiger partial charge on any atom is 0.00906 e. The Bertz CT molecular complexity index is 145. The van der Waals surface area contributed by atoms with Crippen molar-refractivity contribution in [2.24, 2.45) is 11.3 Å². The largest absolute Gasteiger partial charge is 0.103 e. The molecule has 0 aromatic rings. The molecule has 1 rings (SSSR count). The topological polar surface area (TPSA) is 0 Å². The van der Waals surface area contributed by atoms with Gasteiger partial charge in [-0.05, 0) is 30.6 Å². The van der Waals surface area contributed by atoms with Gasteiger partial charge < -0.3 is 0 Å². The van der Waals surface area contributed by atoms with Crippen LogP contribution in [0.2, 0.25) is 0 Å². The summed E-state index contributed by atoms with van der Waals surface area (Å²) in [6, 6.07) is 0. The van der Waals surface area contributed by atoms with Crippen LogP contribution in [0.25, 0.3) is 0 Å². The van der Waals surface area contributed by atoms with Crippen LogP contribution in [0, 0.1) is 11.3 Å². The zero-order valence-electron chi connectivity index (χ0n) is 7.98. The van der Waals surface area contributed by atoms with E-state index in [0.29, 0.717) is 5.41 Å². The first-order valence-corrected chi connectivity index (χ1v) is 6.04. The predicted molar refractivity (Wildman–Crippen MR) is 58.7 cm³/mol. The fraction of sp³-hybridized carbons (Fsp3) is 0.818. The normalized spacial score (nSPS) is 23.8. The van der Waals surface area contributed by atoms with E-state index in [-0.39, 0.29) is 0 Å². The van der Waals surface area contributed by atoms with E-state index >= 15 is 0 Å². The van der Waals surface area contributed by atoms with Crippen molar-refractivity contribution in [1.82, 2.24) is 0 Å². The van der Waals surface area contributed by atoms with Gasteiger partial charge in [0.15, 0.2) is 0 Å². The maximum atomic E-state index is 3.82. The van der Waals surface area contributed by atoms with Crippen molar-refractivity contribution in [3.05, 3.63) is 12.7 Å². The summed E-state index contributed by atoms with van der Waals surface area (Å²) in [5.41, 5.74) is 0.591. The maximum absolute atomic E-state index is 3.82. The molecule has 1 aliphatic rings. The van der Waals surface area contributed by atoms with E-state index in [1.54, 1.807) is 0 Å². The third-order valence-corrected chi connectivity index (χ3v) is 4.55. The first-order chi connectivity index (χ1) is 5.75. The molecule has 1 fully saturated rings. The minimum absolute atomic E-state index is 0.591. The van der Waals surface area contributed by atoms with Crippen LogP contribution in [0.3, 0.4) is 0 Å². The lowest BCUT2D eigenvalue weighted by atomic mass is 9.75. The van der Waals surface area contributed by atoms with Crippen molar-refractivity contribution >= 4 is 15.9 Å². The molecular weight excluding hydrogens is 212 g/mol. The summed E-state index contributed by atoms with van der Waals surface area (Å²) in [7, 11) is 0. The molecule has 1 unspecified atom stereocenters. The molecule has 0 spiro atoms. The summed E-state index contributed by atoms with van der Waals surface area (Å²) in [6.45, 7) is 6.19. The number of allylic oxidation sites excluding steroid dienone is 1. The molecule has 1 atom stereocenters. The molecule has 1 aliphatic carbocycles. The van der Waals surface area contributed by atoms with E-state index in [1.165, 1.54) is 37.4 Å². The summed E-state index contributed by atoms with van der Waals surface area (Å²) in [5, 5.41) is 1.18. The van der Waals surface area contributed by atoms with E-state index in [1.807, 2.05) is 0 Å². The number of hydrogen-bond acceptors (Lipinski definition) is 0. The monoisotopic (exact) mass is 230 g/mol. The Morgan fingerprint density at radius 2 is 2.08 bits per heavy atom. The number of hydrogen-bond donors (Lipinski definition) is 0. The Morgan fingerprint density at radius 1 is 1.50 bits per heavy atom. The fourth-order valence-electron chi connectivity index (χ4n) is 2.34. The standard InChI is InChI=1S/C11H19Br/c1-3-6-10(2)11(9-12)7-4-5-8-11/h3,10H,1,4-9H2,2H3. The molecule has 0 heterocycles. The van der Waals surface area contributed by atoms with Crippen molar-refractivity contribution in [2.45, 2.75) is 39.0 Å². The average Bonchev–Trinajstić information content (AvgIpc) is 2.54. The summed E-state index contributed by atoms with van der Waals surface area (Å²) >= 11 is 3.67. The van der Waals surface area contributed by atoms with E-state index in [4.69, 9.17) is 0 Å². The van der Waals surface area contributed by atoms with Crippen molar-refractivity contribution < 1.29 is 0 Å². The van der Waals surface area contributed by atoms with E-state index in [9.17, 15) is 0 Å². The number of alkyl halides is 1. The van der Waals surface area contributed by atoms with Gasteiger partial charge in [0.25, 0.3) is 0 Å². The summed E-state index contributed by atoms with van der Waals surface area (Å²) in [5.74, 6) is 0.803. The van der Waals surface area contributed by atoms with Crippen LogP contribution in [0.5, 0.6) is 0 Å². The molecule has 12 heavy (non-hydrogen) atoms.